The normalized spacial score (nSPS) is 19.0. The van der Waals surface area contributed by atoms with E-state index >= 15 is 0 Å². The van der Waals surface area contributed by atoms with Gasteiger partial charge in [0.2, 0.25) is 0 Å². The molecular formula is C17H21NO3. The standard InChI is InChI=1S/C17H21NO3/c1-12-6-3-4-11-18(12)17(21)15-8-5-7-14(13(15)2)9-10-16(19)20/h5,7-10,12H,3-4,6,11H2,1-2H3,(H,19,20). The Balaban J connectivity index is 2.29. The van der Waals surface area contributed by atoms with E-state index in [1.165, 1.54) is 12.5 Å². The van der Waals surface area contributed by atoms with Gasteiger partial charge in [-0.2, -0.15) is 0 Å². The molecule has 1 amide bonds. The Morgan fingerprint density at radius 2 is 2.10 bits per heavy atom. The van der Waals surface area contributed by atoms with Crippen LogP contribution in [-0.4, -0.2) is 34.5 Å². The molecule has 4 heteroatoms. The molecule has 1 aromatic rings. The van der Waals surface area contributed by atoms with Gasteiger partial charge in [-0.05, 0) is 56.4 Å². The van der Waals surface area contributed by atoms with Crippen molar-refractivity contribution in [3.05, 3.63) is 41.0 Å². The molecule has 2 rings (SSSR count). The number of aliphatic carboxylic acids is 1. The fourth-order valence-corrected chi connectivity index (χ4v) is 2.78. The Kier molecular flexibility index (Phi) is 4.78. The molecule has 1 unspecified atom stereocenters. The van der Waals surface area contributed by atoms with Gasteiger partial charge in [-0.1, -0.05) is 12.1 Å². The Morgan fingerprint density at radius 3 is 2.76 bits per heavy atom. The summed E-state index contributed by atoms with van der Waals surface area (Å²) < 4.78 is 0. The number of nitrogens with zero attached hydrogens (tertiary/aromatic N) is 1. The van der Waals surface area contributed by atoms with E-state index in [-0.39, 0.29) is 11.9 Å². The zero-order chi connectivity index (χ0) is 15.4. The summed E-state index contributed by atoms with van der Waals surface area (Å²) in [5.74, 6) is -0.943. The van der Waals surface area contributed by atoms with Gasteiger partial charge in [0.05, 0.1) is 0 Å². The molecule has 1 heterocycles. The lowest BCUT2D eigenvalue weighted by Gasteiger charge is -2.34. The molecule has 21 heavy (non-hydrogen) atoms. The maximum absolute atomic E-state index is 12.7. The Morgan fingerprint density at radius 1 is 1.33 bits per heavy atom. The van der Waals surface area contributed by atoms with Gasteiger partial charge in [-0.15, -0.1) is 0 Å². The van der Waals surface area contributed by atoms with Crippen LogP contribution in [-0.2, 0) is 4.79 Å². The number of carbonyl (C=O) groups excluding carboxylic acids is 1. The van der Waals surface area contributed by atoms with Crippen LogP contribution >= 0.6 is 0 Å². The largest absolute Gasteiger partial charge is 0.478 e. The number of hydrogen-bond acceptors (Lipinski definition) is 2. The molecule has 0 radical (unpaired) electrons. The van der Waals surface area contributed by atoms with E-state index in [4.69, 9.17) is 5.11 Å². The van der Waals surface area contributed by atoms with Crippen molar-refractivity contribution in [1.82, 2.24) is 4.90 Å². The highest BCUT2D eigenvalue weighted by Crippen LogP contribution is 2.22. The highest BCUT2D eigenvalue weighted by Gasteiger charge is 2.25. The number of amides is 1. The molecule has 1 aliphatic rings. The molecule has 1 N–H and O–H groups in total. The third kappa shape index (κ3) is 3.51. The molecule has 1 fully saturated rings. The van der Waals surface area contributed by atoms with Gasteiger partial charge in [0.25, 0.3) is 5.91 Å². The predicted octanol–water partition coefficient (Wildman–Crippen LogP) is 3.11. The Bertz CT molecular complexity index is 577. The predicted molar refractivity (Wildman–Crippen MR) is 82.2 cm³/mol. The van der Waals surface area contributed by atoms with Gasteiger partial charge in [-0.25, -0.2) is 4.79 Å². The fraction of sp³-hybridized carbons (Fsp3) is 0.412. The van der Waals surface area contributed by atoms with Crippen molar-refractivity contribution in [2.45, 2.75) is 39.2 Å². The maximum atomic E-state index is 12.7. The first-order chi connectivity index (χ1) is 10.0. The van der Waals surface area contributed by atoms with E-state index < -0.39 is 5.97 Å². The zero-order valence-corrected chi connectivity index (χ0v) is 12.5. The highest BCUT2D eigenvalue weighted by molar-refractivity contribution is 5.97. The number of likely N-dealkylation sites (tertiary alicyclic amines) is 1. The molecule has 1 atom stereocenters. The number of carbonyl (C=O) groups is 2. The second-order valence-electron chi connectivity index (χ2n) is 5.53. The number of rotatable bonds is 3. The smallest absolute Gasteiger partial charge is 0.328 e. The first kappa shape index (κ1) is 15.3. The van der Waals surface area contributed by atoms with Gasteiger partial charge >= 0.3 is 5.97 Å². The molecule has 0 saturated carbocycles. The van der Waals surface area contributed by atoms with Crippen LogP contribution in [0.15, 0.2) is 24.3 Å². The van der Waals surface area contributed by atoms with Crippen LogP contribution in [0.4, 0.5) is 0 Å². The number of piperidine rings is 1. The lowest BCUT2D eigenvalue weighted by Crippen LogP contribution is -2.42. The minimum Gasteiger partial charge on any atom is -0.478 e. The van der Waals surface area contributed by atoms with E-state index in [1.807, 2.05) is 24.0 Å². The van der Waals surface area contributed by atoms with Crippen molar-refractivity contribution >= 4 is 18.0 Å². The molecule has 1 aliphatic heterocycles. The van der Waals surface area contributed by atoms with Crippen LogP contribution in [0, 0.1) is 6.92 Å². The van der Waals surface area contributed by atoms with Crippen molar-refractivity contribution in [3.8, 4) is 0 Å². The van der Waals surface area contributed by atoms with Gasteiger partial charge in [0.1, 0.15) is 0 Å². The van der Waals surface area contributed by atoms with Gasteiger partial charge in [0.15, 0.2) is 0 Å². The molecule has 0 aliphatic carbocycles. The van der Waals surface area contributed by atoms with Crippen LogP contribution in [0.1, 0.15) is 47.7 Å². The first-order valence-corrected chi connectivity index (χ1v) is 7.32. The summed E-state index contributed by atoms with van der Waals surface area (Å²) in [5.41, 5.74) is 2.27. The third-order valence-corrected chi connectivity index (χ3v) is 4.08. The number of benzene rings is 1. The SMILES string of the molecule is Cc1c(C=CC(=O)O)cccc1C(=O)N1CCCCC1C. The molecule has 0 spiro atoms. The van der Waals surface area contributed by atoms with E-state index in [9.17, 15) is 9.59 Å². The summed E-state index contributed by atoms with van der Waals surface area (Å²) >= 11 is 0. The van der Waals surface area contributed by atoms with E-state index in [2.05, 4.69) is 6.92 Å². The number of carboxylic acids is 1. The van der Waals surface area contributed by atoms with E-state index in [1.54, 1.807) is 6.07 Å². The molecule has 1 aromatic carbocycles. The second-order valence-corrected chi connectivity index (χ2v) is 5.53. The summed E-state index contributed by atoms with van der Waals surface area (Å²) in [6.45, 7) is 4.75. The molecule has 0 aromatic heterocycles. The van der Waals surface area contributed by atoms with Crippen LogP contribution in [0.25, 0.3) is 6.08 Å². The topological polar surface area (TPSA) is 57.6 Å². The van der Waals surface area contributed by atoms with Crippen LogP contribution < -0.4 is 0 Å². The monoisotopic (exact) mass is 287 g/mol. The van der Waals surface area contributed by atoms with Crippen molar-refractivity contribution < 1.29 is 14.7 Å². The summed E-state index contributed by atoms with van der Waals surface area (Å²) in [6, 6.07) is 5.71. The summed E-state index contributed by atoms with van der Waals surface area (Å²) in [7, 11) is 0. The average Bonchev–Trinajstić information content (AvgIpc) is 2.46. The zero-order valence-electron chi connectivity index (χ0n) is 12.5. The lowest BCUT2D eigenvalue weighted by atomic mass is 9.98. The van der Waals surface area contributed by atoms with Crippen molar-refractivity contribution in [1.29, 1.82) is 0 Å². The molecule has 1 saturated heterocycles. The number of carboxylic acid groups (broad SMARTS) is 1. The van der Waals surface area contributed by atoms with Gasteiger partial charge < -0.3 is 10.0 Å². The fourth-order valence-electron chi connectivity index (χ4n) is 2.78. The summed E-state index contributed by atoms with van der Waals surface area (Å²) in [4.78, 5) is 25.3. The quantitative estimate of drug-likeness (QED) is 0.869. The lowest BCUT2D eigenvalue weighted by molar-refractivity contribution is -0.131. The third-order valence-electron chi connectivity index (χ3n) is 4.08. The van der Waals surface area contributed by atoms with Crippen LogP contribution in [0.2, 0.25) is 0 Å². The molecule has 0 bridgehead atoms. The van der Waals surface area contributed by atoms with E-state index in [0.29, 0.717) is 5.56 Å². The minimum absolute atomic E-state index is 0.0466. The molecule has 112 valence electrons. The Labute approximate surface area is 125 Å². The van der Waals surface area contributed by atoms with Gasteiger partial charge in [0, 0.05) is 24.2 Å². The average molecular weight is 287 g/mol. The van der Waals surface area contributed by atoms with Crippen molar-refractivity contribution in [2.75, 3.05) is 6.54 Å². The highest BCUT2D eigenvalue weighted by atomic mass is 16.4. The van der Waals surface area contributed by atoms with Crippen molar-refractivity contribution in [3.63, 3.8) is 0 Å². The molecule has 4 nitrogen and oxygen atoms in total. The second kappa shape index (κ2) is 6.57. The van der Waals surface area contributed by atoms with Crippen LogP contribution in [0.5, 0.6) is 0 Å². The minimum atomic E-state index is -0.990. The maximum Gasteiger partial charge on any atom is 0.328 e. The van der Waals surface area contributed by atoms with E-state index in [0.717, 1.165) is 36.6 Å². The molecular weight excluding hydrogens is 266 g/mol. The Hall–Kier alpha value is -2.10. The number of hydrogen-bond donors (Lipinski definition) is 1. The first-order valence-electron chi connectivity index (χ1n) is 7.32. The van der Waals surface area contributed by atoms with Crippen molar-refractivity contribution in [2.24, 2.45) is 0 Å². The van der Waals surface area contributed by atoms with Crippen LogP contribution in [0.3, 0.4) is 0 Å². The summed E-state index contributed by atoms with van der Waals surface area (Å²) in [6.07, 6.45) is 5.90. The van der Waals surface area contributed by atoms with Gasteiger partial charge in [-0.3, -0.25) is 4.79 Å². The summed E-state index contributed by atoms with van der Waals surface area (Å²) in [5, 5.41) is 8.72.